The lowest BCUT2D eigenvalue weighted by Crippen LogP contribution is -2.33. The molecular weight excluding hydrogens is 190 g/mol. The highest BCUT2D eigenvalue weighted by Gasteiger charge is 2.50. The summed E-state index contributed by atoms with van der Waals surface area (Å²) in [4.78, 5) is 4.41. The normalized spacial score (nSPS) is 27.4. The average molecular weight is 209 g/mol. The molecule has 1 aliphatic rings. The van der Waals surface area contributed by atoms with Gasteiger partial charge in [-0.25, -0.2) is 0 Å². The Balaban J connectivity index is 2.19. The maximum absolute atomic E-state index is 6.05. The molecule has 0 aromatic carbocycles. The first-order valence-electron chi connectivity index (χ1n) is 5.50. The van der Waals surface area contributed by atoms with Gasteiger partial charge in [0.2, 0.25) is 5.89 Å². The first-order valence-corrected chi connectivity index (χ1v) is 5.50. The summed E-state index contributed by atoms with van der Waals surface area (Å²) in [6, 6.07) is 0. The molecule has 0 aliphatic heterocycles. The van der Waals surface area contributed by atoms with E-state index >= 15 is 0 Å². The highest BCUT2D eigenvalue weighted by atomic mass is 16.5. The Morgan fingerprint density at radius 2 is 2.20 bits per heavy atom. The van der Waals surface area contributed by atoms with E-state index in [4.69, 9.17) is 10.3 Å². The molecule has 1 saturated carbocycles. The van der Waals surface area contributed by atoms with Crippen molar-refractivity contribution in [1.82, 2.24) is 10.1 Å². The van der Waals surface area contributed by atoms with Crippen LogP contribution >= 0.6 is 0 Å². The lowest BCUT2D eigenvalue weighted by Gasteiger charge is -2.16. The molecule has 2 rings (SSSR count). The van der Waals surface area contributed by atoms with E-state index in [-0.39, 0.29) is 0 Å². The third-order valence-electron chi connectivity index (χ3n) is 3.50. The molecule has 2 unspecified atom stereocenters. The Hall–Kier alpha value is -0.900. The van der Waals surface area contributed by atoms with Gasteiger partial charge in [0.15, 0.2) is 5.82 Å². The van der Waals surface area contributed by atoms with Crippen molar-refractivity contribution in [3.8, 4) is 0 Å². The second-order valence-corrected chi connectivity index (χ2v) is 5.47. The van der Waals surface area contributed by atoms with E-state index in [9.17, 15) is 0 Å². The van der Waals surface area contributed by atoms with Crippen LogP contribution in [0.1, 0.15) is 58.2 Å². The molecule has 2 atom stereocenters. The molecule has 0 amide bonds. The van der Waals surface area contributed by atoms with E-state index in [2.05, 4.69) is 24.0 Å². The van der Waals surface area contributed by atoms with Gasteiger partial charge in [-0.05, 0) is 25.2 Å². The average Bonchev–Trinajstić information content (AvgIpc) is 2.65. The second kappa shape index (κ2) is 3.04. The largest absolute Gasteiger partial charge is 0.339 e. The molecule has 4 heteroatoms. The van der Waals surface area contributed by atoms with Crippen LogP contribution in [-0.4, -0.2) is 10.1 Å². The fourth-order valence-corrected chi connectivity index (χ4v) is 1.66. The van der Waals surface area contributed by atoms with Gasteiger partial charge in [0.05, 0.1) is 5.54 Å². The van der Waals surface area contributed by atoms with Crippen molar-refractivity contribution in [2.75, 3.05) is 0 Å². The molecule has 1 heterocycles. The van der Waals surface area contributed by atoms with Crippen molar-refractivity contribution in [1.29, 1.82) is 0 Å². The number of nitrogens with zero attached hydrogens (tertiary/aromatic N) is 2. The van der Waals surface area contributed by atoms with E-state index in [1.165, 1.54) is 0 Å². The van der Waals surface area contributed by atoms with E-state index in [1.807, 2.05) is 13.8 Å². The van der Waals surface area contributed by atoms with Gasteiger partial charge in [-0.3, -0.25) is 0 Å². The first kappa shape index (κ1) is 10.6. The Labute approximate surface area is 90.2 Å². The van der Waals surface area contributed by atoms with Gasteiger partial charge in [0.1, 0.15) is 0 Å². The molecule has 0 spiro atoms. The molecule has 1 fully saturated rings. The van der Waals surface area contributed by atoms with Crippen LogP contribution in [0.2, 0.25) is 0 Å². The maximum Gasteiger partial charge on any atom is 0.230 e. The van der Waals surface area contributed by atoms with Crippen molar-refractivity contribution in [3.63, 3.8) is 0 Å². The molecule has 1 aliphatic carbocycles. The number of aromatic nitrogens is 2. The monoisotopic (exact) mass is 209 g/mol. The second-order valence-electron chi connectivity index (χ2n) is 5.47. The molecular formula is C11H19N3O. The van der Waals surface area contributed by atoms with Crippen molar-refractivity contribution in [3.05, 3.63) is 11.7 Å². The lowest BCUT2D eigenvalue weighted by molar-refractivity contribution is 0.345. The number of hydrogen-bond donors (Lipinski definition) is 1. The van der Waals surface area contributed by atoms with Crippen LogP contribution in [-0.2, 0) is 5.54 Å². The third kappa shape index (κ3) is 1.78. The standard InChI is InChI=1S/C11H19N3O/c1-5-11(4,12)9-13-8(15-14-9)7-6-10(7,2)3/h7H,5-6,12H2,1-4H3. The van der Waals surface area contributed by atoms with Crippen LogP contribution in [0.15, 0.2) is 4.52 Å². The summed E-state index contributed by atoms with van der Waals surface area (Å²) in [7, 11) is 0. The van der Waals surface area contributed by atoms with Gasteiger partial charge >= 0.3 is 0 Å². The van der Waals surface area contributed by atoms with Crippen LogP contribution in [0, 0.1) is 5.41 Å². The van der Waals surface area contributed by atoms with Crippen LogP contribution in [0.25, 0.3) is 0 Å². The predicted molar refractivity (Wildman–Crippen MR) is 57.3 cm³/mol. The van der Waals surface area contributed by atoms with Gasteiger partial charge in [-0.15, -0.1) is 0 Å². The van der Waals surface area contributed by atoms with E-state index in [0.29, 0.717) is 17.2 Å². The van der Waals surface area contributed by atoms with Crippen molar-refractivity contribution < 1.29 is 4.52 Å². The first-order chi connectivity index (χ1) is 6.87. The summed E-state index contributed by atoms with van der Waals surface area (Å²) in [5.74, 6) is 1.80. The number of nitrogens with two attached hydrogens (primary N) is 1. The molecule has 1 aromatic heterocycles. The number of rotatable bonds is 3. The molecule has 2 N–H and O–H groups in total. The molecule has 0 radical (unpaired) electrons. The fourth-order valence-electron chi connectivity index (χ4n) is 1.66. The summed E-state index contributed by atoms with van der Waals surface area (Å²) in [5.41, 5.74) is 5.90. The highest BCUT2D eigenvalue weighted by Crippen LogP contribution is 2.58. The Bertz CT molecular complexity index is 368. The van der Waals surface area contributed by atoms with Crippen LogP contribution in [0.3, 0.4) is 0 Å². The molecule has 1 aromatic rings. The van der Waals surface area contributed by atoms with Gasteiger partial charge in [0.25, 0.3) is 0 Å². The van der Waals surface area contributed by atoms with Gasteiger partial charge in [-0.2, -0.15) is 4.98 Å². The minimum Gasteiger partial charge on any atom is -0.339 e. The van der Waals surface area contributed by atoms with Gasteiger partial charge < -0.3 is 10.3 Å². The maximum atomic E-state index is 6.05. The summed E-state index contributed by atoms with van der Waals surface area (Å²) in [6.07, 6.45) is 1.93. The van der Waals surface area contributed by atoms with E-state index in [0.717, 1.165) is 18.7 Å². The summed E-state index contributed by atoms with van der Waals surface area (Å²) in [6.45, 7) is 8.38. The Morgan fingerprint density at radius 3 is 2.67 bits per heavy atom. The summed E-state index contributed by atoms with van der Waals surface area (Å²) >= 11 is 0. The van der Waals surface area contributed by atoms with Crippen LogP contribution in [0.5, 0.6) is 0 Å². The van der Waals surface area contributed by atoms with Crippen LogP contribution < -0.4 is 5.73 Å². The zero-order chi connectivity index (χ0) is 11.3. The van der Waals surface area contributed by atoms with Crippen molar-refractivity contribution >= 4 is 0 Å². The third-order valence-corrected chi connectivity index (χ3v) is 3.50. The zero-order valence-electron chi connectivity index (χ0n) is 9.87. The SMILES string of the molecule is CCC(C)(N)c1noc(C2CC2(C)C)n1. The molecule has 0 saturated heterocycles. The van der Waals surface area contributed by atoms with Crippen molar-refractivity contribution in [2.24, 2.45) is 11.1 Å². The smallest absolute Gasteiger partial charge is 0.230 e. The fraction of sp³-hybridized carbons (Fsp3) is 0.818. The van der Waals surface area contributed by atoms with Crippen molar-refractivity contribution in [2.45, 2.75) is 52.0 Å². The number of hydrogen-bond acceptors (Lipinski definition) is 4. The molecule has 4 nitrogen and oxygen atoms in total. The molecule has 0 bridgehead atoms. The van der Waals surface area contributed by atoms with E-state index < -0.39 is 5.54 Å². The lowest BCUT2D eigenvalue weighted by atomic mass is 10.00. The molecule has 84 valence electrons. The topological polar surface area (TPSA) is 64.9 Å². The zero-order valence-corrected chi connectivity index (χ0v) is 9.87. The summed E-state index contributed by atoms with van der Waals surface area (Å²) < 4.78 is 5.27. The van der Waals surface area contributed by atoms with E-state index in [1.54, 1.807) is 0 Å². The summed E-state index contributed by atoms with van der Waals surface area (Å²) in [5, 5.41) is 3.97. The van der Waals surface area contributed by atoms with Gasteiger partial charge in [0, 0.05) is 5.92 Å². The predicted octanol–water partition coefficient (Wildman–Crippen LogP) is 2.17. The quantitative estimate of drug-likeness (QED) is 0.828. The Kier molecular flexibility index (Phi) is 2.15. The highest BCUT2D eigenvalue weighted by molar-refractivity contribution is 5.14. The Morgan fingerprint density at radius 1 is 1.60 bits per heavy atom. The molecule has 15 heavy (non-hydrogen) atoms. The van der Waals surface area contributed by atoms with Crippen LogP contribution in [0.4, 0.5) is 0 Å². The minimum absolute atomic E-state index is 0.320. The minimum atomic E-state index is -0.471. The van der Waals surface area contributed by atoms with Gasteiger partial charge in [-0.1, -0.05) is 25.9 Å².